The highest BCUT2D eigenvalue weighted by Crippen LogP contribution is 2.27. The summed E-state index contributed by atoms with van der Waals surface area (Å²) in [5.41, 5.74) is 7.46. The van der Waals surface area contributed by atoms with Gasteiger partial charge in [-0.3, -0.25) is 4.79 Å². The van der Waals surface area contributed by atoms with Crippen LogP contribution in [0.15, 0.2) is 59.5 Å². The number of amides is 1. The van der Waals surface area contributed by atoms with Crippen molar-refractivity contribution in [2.45, 2.75) is 16.9 Å². The number of nitrogens with zero attached hydrogens (tertiary/aromatic N) is 1. The van der Waals surface area contributed by atoms with Gasteiger partial charge in [-0.15, -0.1) is 24.2 Å². The van der Waals surface area contributed by atoms with Crippen molar-refractivity contribution >= 4 is 41.7 Å². The minimum absolute atomic E-state index is 0. The molecule has 0 unspecified atom stereocenters. The Morgan fingerprint density at radius 1 is 1.12 bits per heavy atom. The third kappa shape index (κ3) is 4.67. The van der Waals surface area contributed by atoms with Crippen molar-refractivity contribution in [3.8, 4) is 0 Å². The Kier molecular flexibility index (Phi) is 6.99. The van der Waals surface area contributed by atoms with Gasteiger partial charge < -0.3 is 10.6 Å². The lowest BCUT2D eigenvalue weighted by molar-refractivity contribution is -0.127. The fourth-order valence-corrected chi connectivity index (χ4v) is 3.78. The van der Waals surface area contributed by atoms with Crippen molar-refractivity contribution in [3.05, 3.63) is 65.2 Å². The molecule has 24 heavy (non-hydrogen) atoms. The summed E-state index contributed by atoms with van der Waals surface area (Å²) in [5.74, 6) is 0.787. The van der Waals surface area contributed by atoms with Crippen LogP contribution in [0.5, 0.6) is 0 Å². The highest BCUT2D eigenvalue weighted by Gasteiger charge is 2.33. The van der Waals surface area contributed by atoms with Crippen molar-refractivity contribution in [1.29, 1.82) is 0 Å². The van der Waals surface area contributed by atoms with E-state index < -0.39 is 0 Å². The molecule has 1 fully saturated rings. The van der Waals surface area contributed by atoms with Gasteiger partial charge in [0.2, 0.25) is 5.91 Å². The van der Waals surface area contributed by atoms with Crippen LogP contribution in [0.25, 0.3) is 0 Å². The zero-order valence-electron chi connectivity index (χ0n) is 13.1. The number of rotatable bonds is 4. The van der Waals surface area contributed by atoms with Crippen molar-refractivity contribution in [3.63, 3.8) is 0 Å². The first-order valence-corrected chi connectivity index (χ1v) is 8.96. The second kappa shape index (κ2) is 8.77. The van der Waals surface area contributed by atoms with Gasteiger partial charge in [-0.2, -0.15) is 0 Å². The molecule has 1 aliphatic rings. The second-order valence-corrected chi connectivity index (χ2v) is 7.21. The maximum Gasteiger partial charge on any atom is 0.233 e. The van der Waals surface area contributed by atoms with Gasteiger partial charge in [-0.1, -0.05) is 41.9 Å². The lowest BCUT2D eigenvalue weighted by Crippen LogP contribution is -2.33. The van der Waals surface area contributed by atoms with Crippen LogP contribution in [-0.2, 0) is 4.79 Å². The number of hydrogen-bond acceptors (Lipinski definition) is 3. The molecule has 128 valence electrons. The summed E-state index contributed by atoms with van der Waals surface area (Å²) < 4.78 is 0. The molecule has 2 atom stereocenters. The minimum atomic E-state index is 0. The Balaban J connectivity index is 0.00000208. The van der Waals surface area contributed by atoms with E-state index in [4.69, 9.17) is 17.3 Å². The summed E-state index contributed by atoms with van der Waals surface area (Å²) in [7, 11) is 0. The molecule has 0 aliphatic carbocycles. The highest BCUT2D eigenvalue weighted by molar-refractivity contribution is 8.00. The molecule has 0 aromatic heterocycles. The molecule has 6 heteroatoms. The number of hydrogen-bond donors (Lipinski definition) is 1. The molecule has 0 bridgehead atoms. The van der Waals surface area contributed by atoms with E-state index in [0.717, 1.165) is 4.90 Å². The fourth-order valence-electron chi connectivity index (χ4n) is 2.85. The van der Waals surface area contributed by atoms with Gasteiger partial charge in [0.25, 0.3) is 0 Å². The van der Waals surface area contributed by atoms with Gasteiger partial charge in [0.15, 0.2) is 0 Å². The van der Waals surface area contributed by atoms with Crippen molar-refractivity contribution in [2.75, 3.05) is 18.8 Å². The summed E-state index contributed by atoms with van der Waals surface area (Å²) in [6, 6.07) is 17.7. The third-order valence-corrected chi connectivity index (χ3v) is 5.37. The number of carbonyl (C=O) groups excluding carboxylic acids is 1. The van der Waals surface area contributed by atoms with E-state index in [1.807, 2.05) is 47.4 Å². The van der Waals surface area contributed by atoms with Gasteiger partial charge in [-0.25, -0.2) is 0 Å². The molecular formula is C18H20Cl2N2OS. The Labute approximate surface area is 158 Å². The largest absolute Gasteiger partial charge is 0.340 e. The fraction of sp³-hybridized carbons (Fsp3) is 0.278. The molecule has 3 rings (SSSR count). The van der Waals surface area contributed by atoms with Gasteiger partial charge in [0, 0.05) is 35.0 Å². The molecule has 1 heterocycles. The smallest absolute Gasteiger partial charge is 0.233 e. The van der Waals surface area contributed by atoms with E-state index in [0.29, 0.717) is 23.9 Å². The molecule has 2 N–H and O–H groups in total. The lowest BCUT2D eigenvalue weighted by atomic mass is 9.95. The monoisotopic (exact) mass is 382 g/mol. The predicted molar refractivity (Wildman–Crippen MR) is 103 cm³/mol. The van der Waals surface area contributed by atoms with E-state index >= 15 is 0 Å². The zero-order chi connectivity index (χ0) is 16.2. The molecule has 1 saturated heterocycles. The summed E-state index contributed by atoms with van der Waals surface area (Å²) in [5, 5.41) is 0.705. The standard InChI is InChI=1S/C18H19ClN2OS.ClH/c19-14-6-8-15(9-7-14)23-12-18(22)21-10-16(17(20)11-21)13-4-2-1-3-5-13;/h1-9,16-17H,10-12,20H2;1H/t16-,17+;/m0./s1. The van der Waals surface area contributed by atoms with Crippen LogP contribution in [0.3, 0.4) is 0 Å². The van der Waals surface area contributed by atoms with Crippen LogP contribution in [0.2, 0.25) is 5.02 Å². The van der Waals surface area contributed by atoms with Gasteiger partial charge in [0.1, 0.15) is 0 Å². The molecule has 1 amide bonds. The molecular weight excluding hydrogens is 363 g/mol. The second-order valence-electron chi connectivity index (χ2n) is 5.72. The molecule has 0 spiro atoms. The number of halogens is 2. The maximum atomic E-state index is 12.4. The first-order valence-electron chi connectivity index (χ1n) is 7.60. The van der Waals surface area contributed by atoms with E-state index in [-0.39, 0.29) is 30.3 Å². The Morgan fingerprint density at radius 3 is 2.46 bits per heavy atom. The van der Waals surface area contributed by atoms with Gasteiger partial charge in [0.05, 0.1) is 5.75 Å². The Bertz CT molecular complexity index is 666. The average molecular weight is 383 g/mol. The van der Waals surface area contributed by atoms with Crippen LogP contribution in [0, 0.1) is 0 Å². The molecule has 0 radical (unpaired) electrons. The summed E-state index contributed by atoms with van der Waals surface area (Å²) >= 11 is 7.40. The normalized spacial score (nSPS) is 19.8. The number of nitrogens with two attached hydrogens (primary N) is 1. The van der Waals surface area contributed by atoms with Gasteiger partial charge in [-0.05, 0) is 29.8 Å². The lowest BCUT2D eigenvalue weighted by Gasteiger charge is -2.16. The number of likely N-dealkylation sites (tertiary alicyclic amines) is 1. The summed E-state index contributed by atoms with van der Waals surface area (Å²) in [6.07, 6.45) is 0. The predicted octanol–water partition coefficient (Wildman–Crippen LogP) is 3.81. The van der Waals surface area contributed by atoms with Crippen LogP contribution >= 0.6 is 35.8 Å². The van der Waals surface area contributed by atoms with E-state index in [1.165, 1.54) is 17.3 Å². The third-order valence-electron chi connectivity index (χ3n) is 4.12. The number of carbonyl (C=O) groups is 1. The molecule has 1 aliphatic heterocycles. The van der Waals surface area contributed by atoms with E-state index in [9.17, 15) is 4.79 Å². The SMILES string of the molecule is Cl.N[C@@H]1CN(C(=O)CSc2ccc(Cl)cc2)C[C@H]1c1ccccc1. The van der Waals surface area contributed by atoms with Crippen LogP contribution in [-0.4, -0.2) is 35.7 Å². The molecule has 3 nitrogen and oxygen atoms in total. The number of thioether (sulfide) groups is 1. The Hall–Kier alpha value is -1.20. The highest BCUT2D eigenvalue weighted by atomic mass is 35.5. The first kappa shape index (κ1) is 19.1. The van der Waals surface area contributed by atoms with Crippen LogP contribution < -0.4 is 5.73 Å². The first-order chi connectivity index (χ1) is 11.1. The van der Waals surface area contributed by atoms with Crippen molar-refractivity contribution in [2.24, 2.45) is 5.73 Å². The quantitative estimate of drug-likeness (QED) is 0.817. The zero-order valence-corrected chi connectivity index (χ0v) is 15.5. The van der Waals surface area contributed by atoms with E-state index in [2.05, 4.69) is 12.1 Å². The minimum Gasteiger partial charge on any atom is -0.340 e. The van der Waals surface area contributed by atoms with Crippen LogP contribution in [0.4, 0.5) is 0 Å². The number of benzene rings is 2. The molecule has 0 saturated carbocycles. The Morgan fingerprint density at radius 2 is 1.79 bits per heavy atom. The van der Waals surface area contributed by atoms with Gasteiger partial charge >= 0.3 is 0 Å². The van der Waals surface area contributed by atoms with E-state index in [1.54, 1.807) is 0 Å². The van der Waals surface area contributed by atoms with Crippen LogP contribution in [0.1, 0.15) is 11.5 Å². The molecule has 2 aromatic carbocycles. The topological polar surface area (TPSA) is 46.3 Å². The molecule has 2 aromatic rings. The average Bonchev–Trinajstić information content (AvgIpc) is 2.97. The summed E-state index contributed by atoms with van der Waals surface area (Å²) in [4.78, 5) is 15.4. The summed E-state index contributed by atoms with van der Waals surface area (Å²) in [6.45, 7) is 1.32. The van der Waals surface area contributed by atoms with Crippen molar-refractivity contribution < 1.29 is 4.79 Å². The maximum absolute atomic E-state index is 12.4. The van der Waals surface area contributed by atoms with Crippen molar-refractivity contribution in [1.82, 2.24) is 4.90 Å².